The molecule has 3 heteroatoms. The Balaban J connectivity index is 2.80. The molecule has 60 valence electrons. The molecule has 0 radical (unpaired) electrons. The smallest absolute Gasteiger partial charge is 0.172 e. The number of carbonyl (C=O) groups is 1. The normalized spacial score (nSPS) is 10.0. The van der Waals surface area contributed by atoms with E-state index in [0.717, 1.165) is 9.75 Å². The van der Waals surface area contributed by atoms with Gasteiger partial charge in [-0.05, 0) is 12.1 Å². The van der Waals surface area contributed by atoms with Crippen molar-refractivity contribution in [3.8, 4) is 0 Å². The minimum absolute atomic E-state index is 0.0294. The predicted molar refractivity (Wildman–Crippen MR) is 44.9 cm³/mol. The first-order valence-corrected chi connectivity index (χ1v) is 4.32. The molecule has 0 saturated carbocycles. The maximum absolute atomic E-state index is 11.1. The van der Waals surface area contributed by atoms with Gasteiger partial charge in [-0.2, -0.15) is 0 Å². The standard InChI is InChI=1S/C8H10O2S/c1-2-7(10)8-4-3-6(5-9)11-8/h3-4,9H,2,5H2,1H3. The zero-order valence-electron chi connectivity index (χ0n) is 6.33. The zero-order valence-corrected chi connectivity index (χ0v) is 7.15. The zero-order chi connectivity index (χ0) is 8.27. The number of Topliss-reactive ketones (excluding diaryl/α,β-unsaturated/α-hetero) is 1. The molecule has 0 aromatic carbocycles. The minimum atomic E-state index is 0.0294. The third-order valence-electron chi connectivity index (χ3n) is 1.41. The van der Waals surface area contributed by atoms with Crippen molar-refractivity contribution in [1.29, 1.82) is 0 Å². The first kappa shape index (κ1) is 8.43. The molecular weight excluding hydrogens is 160 g/mol. The van der Waals surface area contributed by atoms with Gasteiger partial charge in [0, 0.05) is 11.3 Å². The molecule has 2 nitrogen and oxygen atoms in total. The van der Waals surface area contributed by atoms with Crippen LogP contribution in [0.25, 0.3) is 0 Å². The van der Waals surface area contributed by atoms with Gasteiger partial charge in [-0.3, -0.25) is 4.79 Å². The largest absolute Gasteiger partial charge is 0.391 e. The Bertz CT molecular complexity index is 252. The summed E-state index contributed by atoms with van der Waals surface area (Å²) in [5.41, 5.74) is 0. The number of thiophene rings is 1. The number of ketones is 1. The lowest BCUT2D eigenvalue weighted by molar-refractivity contribution is 0.0992. The summed E-state index contributed by atoms with van der Waals surface area (Å²) in [7, 11) is 0. The van der Waals surface area contributed by atoms with Crippen molar-refractivity contribution in [3.05, 3.63) is 21.9 Å². The van der Waals surface area contributed by atoms with E-state index >= 15 is 0 Å². The summed E-state index contributed by atoms with van der Waals surface area (Å²) in [5.74, 6) is 0.148. The Morgan fingerprint density at radius 1 is 1.64 bits per heavy atom. The fraction of sp³-hybridized carbons (Fsp3) is 0.375. The number of aliphatic hydroxyl groups is 1. The third kappa shape index (κ3) is 1.88. The fourth-order valence-corrected chi connectivity index (χ4v) is 1.66. The highest BCUT2D eigenvalue weighted by atomic mass is 32.1. The van der Waals surface area contributed by atoms with Gasteiger partial charge in [0.2, 0.25) is 0 Å². The number of hydrogen-bond donors (Lipinski definition) is 1. The molecule has 0 aliphatic rings. The summed E-state index contributed by atoms with van der Waals surface area (Å²) in [5, 5.41) is 8.70. The summed E-state index contributed by atoms with van der Waals surface area (Å²) in [6, 6.07) is 3.55. The summed E-state index contributed by atoms with van der Waals surface area (Å²) in [6.45, 7) is 1.86. The quantitative estimate of drug-likeness (QED) is 0.703. The molecule has 0 spiro atoms. The lowest BCUT2D eigenvalue weighted by atomic mass is 10.2. The van der Waals surface area contributed by atoms with Crippen LogP contribution in [0.5, 0.6) is 0 Å². The van der Waals surface area contributed by atoms with E-state index in [0.29, 0.717) is 6.42 Å². The minimum Gasteiger partial charge on any atom is -0.391 e. The number of aliphatic hydroxyl groups excluding tert-OH is 1. The van der Waals surface area contributed by atoms with Crippen molar-refractivity contribution in [1.82, 2.24) is 0 Å². The van der Waals surface area contributed by atoms with Crippen LogP contribution in [0.1, 0.15) is 27.9 Å². The number of carbonyl (C=O) groups excluding carboxylic acids is 1. The first-order chi connectivity index (χ1) is 5.27. The molecule has 0 bridgehead atoms. The Labute approximate surface area is 69.5 Å². The van der Waals surface area contributed by atoms with E-state index in [1.807, 2.05) is 6.92 Å². The van der Waals surface area contributed by atoms with Crippen LogP contribution in [0.15, 0.2) is 12.1 Å². The molecule has 0 atom stereocenters. The molecule has 0 aliphatic carbocycles. The molecule has 0 amide bonds. The highest BCUT2D eigenvalue weighted by molar-refractivity contribution is 7.14. The molecule has 1 heterocycles. The van der Waals surface area contributed by atoms with Gasteiger partial charge < -0.3 is 5.11 Å². The van der Waals surface area contributed by atoms with Crippen LogP contribution in [0.2, 0.25) is 0 Å². The van der Waals surface area contributed by atoms with E-state index in [-0.39, 0.29) is 12.4 Å². The topological polar surface area (TPSA) is 37.3 Å². The highest BCUT2D eigenvalue weighted by Gasteiger charge is 2.05. The third-order valence-corrected chi connectivity index (χ3v) is 2.52. The second kappa shape index (κ2) is 3.64. The Morgan fingerprint density at radius 2 is 2.36 bits per heavy atom. The average molecular weight is 170 g/mol. The second-order valence-corrected chi connectivity index (χ2v) is 3.37. The lowest BCUT2D eigenvalue weighted by Gasteiger charge is -1.88. The molecule has 0 saturated heterocycles. The lowest BCUT2D eigenvalue weighted by Crippen LogP contribution is -1.90. The summed E-state index contributed by atoms with van der Waals surface area (Å²) < 4.78 is 0. The molecule has 1 rings (SSSR count). The second-order valence-electron chi connectivity index (χ2n) is 2.20. The Hall–Kier alpha value is -0.670. The average Bonchev–Trinajstić information content (AvgIpc) is 2.50. The van der Waals surface area contributed by atoms with E-state index < -0.39 is 0 Å². The molecule has 1 N–H and O–H groups in total. The van der Waals surface area contributed by atoms with E-state index in [1.165, 1.54) is 11.3 Å². The SMILES string of the molecule is CCC(=O)c1ccc(CO)s1. The van der Waals surface area contributed by atoms with Gasteiger partial charge in [-0.25, -0.2) is 0 Å². The molecule has 1 aromatic rings. The Morgan fingerprint density at radius 3 is 2.82 bits per heavy atom. The molecule has 0 fully saturated rings. The van der Waals surface area contributed by atoms with Gasteiger partial charge in [-0.15, -0.1) is 11.3 Å². The summed E-state index contributed by atoms with van der Waals surface area (Å²) in [4.78, 5) is 12.7. The number of hydrogen-bond acceptors (Lipinski definition) is 3. The van der Waals surface area contributed by atoms with Gasteiger partial charge in [-0.1, -0.05) is 6.92 Å². The van der Waals surface area contributed by atoms with Gasteiger partial charge in [0.1, 0.15) is 0 Å². The van der Waals surface area contributed by atoms with Crippen molar-refractivity contribution in [3.63, 3.8) is 0 Å². The predicted octanol–water partition coefficient (Wildman–Crippen LogP) is 1.83. The van der Waals surface area contributed by atoms with Crippen molar-refractivity contribution < 1.29 is 9.90 Å². The maximum atomic E-state index is 11.1. The van der Waals surface area contributed by atoms with Crippen LogP contribution in [-0.4, -0.2) is 10.9 Å². The van der Waals surface area contributed by atoms with Crippen LogP contribution in [0, 0.1) is 0 Å². The first-order valence-electron chi connectivity index (χ1n) is 3.50. The molecule has 1 aromatic heterocycles. The van der Waals surface area contributed by atoms with Gasteiger partial charge in [0.15, 0.2) is 5.78 Å². The number of rotatable bonds is 3. The molecular formula is C8H10O2S. The van der Waals surface area contributed by atoms with E-state index in [4.69, 9.17) is 5.11 Å². The van der Waals surface area contributed by atoms with E-state index in [2.05, 4.69) is 0 Å². The van der Waals surface area contributed by atoms with Crippen LogP contribution in [0.3, 0.4) is 0 Å². The monoisotopic (exact) mass is 170 g/mol. The Kier molecular flexibility index (Phi) is 2.79. The fourth-order valence-electron chi connectivity index (χ4n) is 0.787. The van der Waals surface area contributed by atoms with Gasteiger partial charge >= 0.3 is 0 Å². The van der Waals surface area contributed by atoms with E-state index in [1.54, 1.807) is 12.1 Å². The van der Waals surface area contributed by atoms with Gasteiger partial charge in [0.25, 0.3) is 0 Å². The maximum Gasteiger partial charge on any atom is 0.172 e. The van der Waals surface area contributed by atoms with Crippen molar-refractivity contribution in [2.45, 2.75) is 20.0 Å². The van der Waals surface area contributed by atoms with Crippen molar-refractivity contribution >= 4 is 17.1 Å². The van der Waals surface area contributed by atoms with Crippen LogP contribution >= 0.6 is 11.3 Å². The summed E-state index contributed by atoms with van der Waals surface area (Å²) >= 11 is 1.37. The highest BCUT2D eigenvalue weighted by Crippen LogP contribution is 2.17. The van der Waals surface area contributed by atoms with E-state index in [9.17, 15) is 4.79 Å². The van der Waals surface area contributed by atoms with Crippen molar-refractivity contribution in [2.75, 3.05) is 0 Å². The van der Waals surface area contributed by atoms with Gasteiger partial charge in [0.05, 0.1) is 11.5 Å². The molecule has 11 heavy (non-hydrogen) atoms. The van der Waals surface area contributed by atoms with Crippen molar-refractivity contribution in [2.24, 2.45) is 0 Å². The summed E-state index contributed by atoms with van der Waals surface area (Å²) in [6.07, 6.45) is 0.533. The molecule has 0 unspecified atom stereocenters. The van der Waals surface area contributed by atoms with Crippen LogP contribution in [-0.2, 0) is 6.61 Å². The van der Waals surface area contributed by atoms with Crippen LogP contribution < -0.4 is 0 Å². The molecule has 0 aliphatic heterocycles. The van der Waals surface area contributed by atoms with Crippen LogP contribution in [0.4, 0.5) is 0 Å².